The van der Waals surface area contributed by atoms with Crippen LogP contribution in [0.5, 0.6) is 6.01 Å². The highest BCUT2D eigenvalue weighted by atomic mass is 19.1. The number of carbonyl (C=O) groups is 1. The number of nitrogens with zero attached hydrogens (tertiary/aromatic N) is 5. The van der Waals surface area contributed by atoms with E-state index in [1.54, 1.807) is 6.20 Å². The normalized spacial score (nSPS) is 22.9. The molecule has 0 aliphatic carbocycles. The van der Waals surface area contributed by atoms with Crippen molar-refractivity contribution >= 4 is 33.4 Å². The topological polar surface area (TPSA) is 110 Å². The molecule has 6 heterocycles. The minimum atomic E-state index is -0.521. The van der Waals surface area contributed by atoms with Crippen LogP contribution in [0.25, 0.3) is 32.9 Å². The number of ether oxygens (including phenoxy) is 1. The van der Waals surface area contributed by atoms with Crippen molar-refractivity contribution < 1.29 is 13.9 Å². The summed E-state index contributed by atoms with van der Waals surface area (Å²) in [5.41, 5.74) is 7.32. The molecule has 2 aromatic carbocycles. The SMILES string of the molecule is NC(=O)Cc1cccc2cccc(-c3ncc4c(N5C[C@H]6CC[C@@H](C5)N6)nc(OCC56CCCN5CCC6)nc4c3F)c12. The lowest BCUT2D eigenvalue weighted by Gasteiger charge is -2.34. The lowest BCUT2D eigenvalue weighted by atomic mass is 9.95. The van der Waals surface area contributed by atoms with Gasteiger partial charge in [-0.3, -0.25) is 14.7 Å². The molecule has 2 bridgehead atoms. The molecule has 4 aliphatic heterocycles. The lowest BCUT2D eigenvalue weighted by molar-refractivity contribution is -0.117. The van der Waals surface area contributed by atoms with E-state index in [-0.39, 0.29) is 29.2 Å². The van der Waals surface area contributed by atoms with Gasteiger partial charge in [0.05, 0.1) is 17.3 Å². The first-order valence-corrected chi connectivity index (χ1v) is 15.5. The number of anilines is 1. The van der Waals surface area contributed by atoms with Gasteiger partial charge in [0.25, 0.3) is 0 Å². The molecular weight excluding hydrogens is 545 g/mol. The van der Waals surface area contributed by atoms with Crippen LogP contribution in [0.4, 0.5) is 10.2 Å². The molecule has 0 unspecified atom stereocenters. The molecule has 3 N–H and O–H groups in total. The Balaban J connectivity index is 1.26. The van der Waals surface area contributed by atoms with Crippen molar-refractivity contribution in [2.75, 3.05) is 37.7 Å². The smallest absolute Gasteiger partial charge is 0.319 e. The maximum Gasteiger partial charge on any atom is 0.319 e. The molecular formula is C33H36FN7O2. The monoisotopic (exact) mass is 581 g/mol. The van der Waals surface area contributed by atoms with Crippen molar-refractivity contribution in [2.45, 2.75) is 62.6 Å². The van der Waals surface area contributed by atoms with Crippen LogP contribution in [-0.4, -0.2) is 76.2 Å². The first-order chi connectivity index (χ1) is 21.0. The third-order valence-electron chi connectivity index (χ3n) is 10.1. The van der Waals surface area contributed by atoms with E-state index >= 15 is 4.39 Å². The van der Waals surface area contributed by atoms with E-state index in [1.807, 2.05) is 36.4 Å². The summed E-state index contributed by atoms with van der Waals surface area (Å²) in [4.78, 5) is 31.0. The van der Waals surface area contributed by atoms with Gasteiger partial charge in [0.15, 0.2) is 5.82 Å². The number of carbonyl (C=O) groups excluding carboxylic acids is 1. The standard InChI is InChI=1S/C33H36FN7O2/c34-28-29(24-8-2-6-20-5-1-7-21(27(20)24)15-26(35)42)36-16-25-30(28)38-32(43-19-33-11-3-13-41(33)14-4-12-33)39-31(25)40-17-22-9-10-23(18-40)37-22/h1-2,5-8,16,22-23,37H,3-4,9-15,17-19H2,(H2,35,42)/t22-,23+. The van der Waals surface area contributed by atoms with Crippen molar-refractivity contribution in [1.29, 1.82) is 0 Å². The van der Waals surface area contributed by atoms with Gasteiger partial charge in [-0.2, -0.15) is 9.97 Å². The van der Waals surface area contributed by atoms with Gasteiger partial charge in [0.1, 0.15) is 23.6 Å². The number of aromatic nitrogens is 3. The molecule has 9 nitrogen and oxygen atoms in total. The van der Waals surface area contributed by atoms with E-state index in [0.29, 0.717) is 35.5 Å². The Bertz CT molecular complexity index is 1720. The second-order valence-electron chi connectivity index (χ2n) is 12.7. The number of nitrogens with two attached hydrogens (primary N) is 1. The molecule has 10 heteroatoms. The number of benzene rings is 2. The number of fused-ring (bicyclic) bond motifs is 5. The molecule has 8 rings (SSSR count). The summed E-state index contributed by atoms with van der Waals surface area (Å²) in [5.74, 6) is -0.288. The van der Waals surface area contributed by atoms with Crippen LogP contribution in [0.15, 0.2) is 42.6 Å². The molecule has 222 valence electrons. The number of pyridine rings is 1. The Morgan fingerprint density at radius 2 is 1.81 bits per heavy atom. The zero-order valence-corrected chi connectivity index (χ0v) is 24.2. The van der Waals surface area contributed by atoms with Crippen LogP contribution < -0.4 is 20.7 Å². The lowest BCUT2D eigenvalue weighted by Crippen LogP contribution is -2.51. The second-order valence-corrected chi connectivity index (χ2v) is 12.7. The van der Waals surface area contributed by atoms with Gasteiger partial charge >= 0.3 is 6.01 Å². The zero-order valence-electron chi connectivity index (χ0n) is 24.2. The van der Waals surface area contributed by atoms with Gasteiger partial charge in [-0.1, -0.05) is 36.4 Å². The summed E-state index contributed by atoms with van der Waals surface area (Å²) in [6.07, 6.45) is 8.54. The summed E-state index contributed by atoms with van der Waals surface area (Å²) in [5, 5.41) is 5.90. The number of rotatable bonds is 7. The average Bonchev–Trinajstić information content (AvgIpc) is 3.69. The highest BCUT2D eigenvalue weighted by Crippen LogP contribution is 2.40. The van der Waals surface area contributed by atoms with Crippen LogP contribution >= 0.6 is 0 Å². The van der Waals surface area contributed by atoms with Crippen LogP contribution in [0.3, 0.4) is 0 Å². The van der Waals surface area contributed by atoms with E-state index in [1.165, 1.54) is 12.8 Å². The van der Waals surface area contributed by atoms with Crippen molar-refractivity contribution in [3.05, 3.63) is 54.0 Å². The Kier molecular flexibility index (Phi) is 6.45. The molecule has 43 heavy (non-hydrogen) atoms. The highest BCUT2D eigenvalue weighted by molar-refractivity contribution is 6.02. The van der Waals surface area contributed by atoms with Crippen molar-refractivity contribution in [3.8, 4) is 17.3 Å². The Morgan fingerprint density at radius 3 is 2.56 bits per heavy atom. The third kappa shape index (κ3) is 4.58. The van der Waals surface area contributed by atoms with E-state index in [2.05, 4.69) is 20.1 Å². The average molecular weight is 582 g/mol. The molecule has 4 fully saturated rings. The number of primary amides is 1. The first-order valence-electron chi connectivity index (χ1n) is 15.5. The molecule has 0 saturated carbocycles. The Morgan fingerprint density at radius 1 is 1.07 bits per heavy atom. The summed E-state index contributed by atoms with van der Waals surface area (Å²) in [6.45, 7) is 4.29. The molecule has 4 aromatic rings. The van der Waals surface area contributed by atoms with Crippen LogP contribution in [-0.2, 0) is 11.2 Å². The number of piperazine rings is 1. The van der Waals surface area contributed by atoms with E-state index in [4.69, 9.17) is 20.4 Å². The van der Waals surface area contributed by atoms with Gasteiger partial charge in [0, 0.05) is 36.9 Å². The minimum Gasteiger partial charge on any atom is -0.461 e. The molecule has 2 atom stereocenters. The fourth-order valence-electron chi connectivity index (χ4n) is 8.10. The second kappa shape index (κ2) is 10.4. The number of nitrogens with one attached hydrogen (secondary N) is 1. The molecule has 0 spiro atoms. The number of halogens is 1. The maximum atomic E-state index is 16.8. The molecule has 4 saturated heterocycles. The summed E-state index contributed by atoms with van der Waals surface area (Å²) in [7, 11) is 0. The number of hydrogen-bond acceptors (Lipinski definition) is 8. The molecule has 4 aliphatic rings. The quantitative estimate of drug-likeness (QED) is 0.338. The van der Waals surface area contributed by atoms with Gasteiger partial charge in [0.2, 0.25) is 5.91 Å². The van der Waals surface area contributed by atoms with E-state index < -0.39 is 11.7 Å². The third-order valence-corrected chi connectivity index (χ3v) is 10.1. The van der Waals surface area contributed by atoms with Crippen molar-refractivity contribution in [2.24, 2.45) is 5.73 Å². The zero-order chi connectivity index (χ0) is 29.1. The number of hydrogen-bond donors (Lipinski definition) is 2. The Labute approximate surface area is 249 Å². The van der Waals surface area contributed by atoms with Gasteiger partial charge < -0.3 is 20.7 Å². The van der Waals surface area contributed by atoms with E-state index in [9.17, 15) is 4.79 Å². The molecule has 1 amide bonds. The predicted octanol–water partition coefficient (Wildman–Crippen LogP) is 3.96. The van der Waals surface area contributed by atoms with Crippen LogP contribution in [0, 0.1) is 5.82 Å². The van der Waals surface area contributed by atoms with Crippen molar-refractivity contribution in [1.82, 2.24) is 25.2 Å². The fourth-order valence-corrected chi connectivity index (χ4v) is 8.10. The maximum absolute atomic E-state index is 16.8. The number of amides is 1. The van der Waals surface area contributed by atoms with Crippen LogP contribution in [0.1, 0.15) is 44.1 Å². The van der Waals surface area contributed by atoms with Crippen LogP contribution in [0.2, 0.25) is 0 Å². The van der Waals surface area contributed by atoms with Gasteiger partial charge in [-0.05, 0) is 68.0 Å². The summed E-state index contributed by atoms with van der Waals surface area (Å²) >= 11 is 0. The summed E-state index contributed by atoms with van der Waals surface area (Å²) in [6, 6.07) is 12.3. The highest BCUT2D eigenvalue weighted by Gasteiger charge is 2.45. The van der Waals surface area contributed by atoms with Gasteiger partial charge in [-0.25, -0.2) is 4.39 Å². The largest absolute Gasteiger partial charge is 0.461 e. The van der Waals surface area contributed by atoms with Gasteiger partial charge in [-0.15, -0.1) is 0 Å². The molecule has 2 aromatic heterocycles. The molecule has 0 radical (unpaired) electrons. The Hall–Kier alpha value is -3.89. The van der Waals surface area contributed by atoms with E-state index in [0.717, 1.165) is 68.2 Å². The fraction of sp³-hybridized carbons (Fsp3) is 0.455. The minimum absolute atomic E-state index is 0.0222. The van der Waals surface area contributed by atoms with Crippen molar-refractivity contribution in [3.63, 3.8) is 0 Å². The first kappa shape index (κ1) is 26.7. The summed E-state index contributed by atoms with van der Waals surface area (Å²) < 4.78 is 23.2. The predicted molar refractivity (Wildman–Crippen MR) is 164 cm³/mol.